The Labute approximate surface area is 236 Å². The number of aromatic nitrogens is 1. The lowest BCUT2D eigenvalue weighted by atomic mass is 9.83. The van der Waals surface area contributed by atoms with Crippen LogP contribution in [0.2, 0.25) is 0 Å². The summed E-state index contributed by atoms with van der Waals surface area (Å²) in [6.07, 6.45) is 11.4. The number of nitrogens with zero attached hydrogens (tertiary/aromatic N) is 1. The Hall–Kier alpha value is -2.72. The third-order valence-electron chi connectivity index (χ3n) is 8.25. The van der Waals surface area contributed by atoms with E-state index in [4.69, 9.17) is 23.7 Å². The highest BCUT2D eigenvalue weighted by Gasteiger charge is 2.38. The Balaban J connectivity index is 1.47. The molecule has 0 spiro atoms. The number of hydrogen-bond acceptors (Lipinski definition) is 9. The maximum Gasteiger partial charge on any atom is 0.329 e. The van der Waals surface area contributed by atoms with Crippen LogP contribution in [-0.2, 0) is 23.8 Å². The van der Waals surface area contributed by atoms with Gasteiger partial charge in [0.05, 0.1) is 26.2 Å². The zero-order valence-electron chi connectivity index (χ0n) is 24.0. The van der Waals surface area contributed by atoms with Gasteiger partial charge in [0.1, 0.15) is 12.1 Å². The van der Waals surface area contributed by atoms with Gasteiger partial charge in [-0.2, -0.15) is 0 Å². The highest BCUT2D eigenvalue weighted by Crippen LogP contribution is 2.37. The molecule has 0 radical (unpaired) electrons. The minimum atomic E-state index is -0.866. The molecule has 4 unspecified atom stereocenters. The Morgan fingerprint density at radius 3 is 2.52 bits per heavy atom. The summed E-state index contributed by atoms with van der Waals surface area (Å²) in [6, 6.07) is 0.632. The van der Waals surface area contributed by atoms with Crippen molar-refractivity contribution in [3.63, 3.8) is 0 Å². The van der Waals surface area contributed by atoms with Gasteiger partial charge in [-0.1, -0.05) is 32.1 Å². The average Bonchev–Trinajstić information content (AvgIpc) is 3.62. The van der Waals surface area contributed by atoms with Crippen molar-refractivity contribution in [1.82, 2.24) is 10.3 Å². The maximum absolute atomic E-state index is 13.4. The fourth-order valence-electron chi connectivity index (χ4n) is 5.87. The van der Waals surface area contributed by atoms with E-state index in [1.807, 2.05) is 6.92 Å². The van der Waals surface area contributed by atoms with Crippen molar-refractivity contribution in [2.24, 2.45) is 17.8 Å². The number of esters is 2. The molecule has 1 N–H and O–H groups in total. The van der Waals surface area contributed by atoms with Crippen molar-refractivity contribution in [3.8, 4) is 11.5 Å². The summed E-state index contributed by atoms with van der Waals surface area (Å²) >= 11 is 0. The molecule has 1 saturated heterocycles. The van der Waals surface area contributed by atoms with E-state index in [9.17, 15) is 14.4 Å². The lowest BCUT2D eigenvalue weighted by Gasteiger charge is -2.32. The molecule has 40 heavy (non-hydrogen) atoms. The number of rotatable bonds is 12. The maximum atomic E-state index is 13.4. The molecule has 0 bridgehead atoms. The number of amides is 1. The summed E-state index contributed by atoms with van der Waals surface area (Å²) in [4.78, 5) is 43.1. The molecule has 1 aromatic heterocycles. The molecule has 2 heterocycles. The normalized spacial score (nSPS) is 25.8. The topological polar surface area (TPSA) is 122 Å². The smallest absolute Gasteiger partial charge is 0.329 e. The second-order valence-electron chi connectivity index (χ2n) is 11.4. The lowest BCUT2D eigenvalue weighted by molar-refractivity contribution is -0.161. The minimum Gasteiger partial charge on any atom is -0.493 e. The largest absolute Gasteiger partial charge is 0.493 e. The Bertz CT molecular complexity index is 1010. The number of methoxy groups -OCH3 is 2. The number of carbonyl (C=O) groups is 3. The molecule has 10 heteroatoms. The van der Waals surface area contributed by atoms with Crippen LogP contribution < -0.4 is 14.8 Å². The highest BCUT2D eigenvalue weighted by atomic mass is 16.6. The first-order valence-corrected chi connectivity index (χ1v) is 14.7. The van der Waals surface area contributed by atoms with E-state index in [-0.39, 0.29) is 36.3 Å². The third-order valence-corrected chi connectivity index (χ3v) is 8.25. The van der Waals surface area contributed by atoms with Crippen LogP contribution >= 0.6 is 0 Å². The summed E-state index contributed by atoms with van der Waals surface area (Å²) in [5.41, 5.74) is -0.143. The van der Waals surface area contributed by atoms with Gasteiger partial charge in [-0.15, -0.1) is 0 Å². The molecule has 1 aromatic rings. The van der Waals surface area contributed by atoms with E-state index in [1.165, 1.54) is 65.0 Å². The first-order valence-electron chi connectivity index (χ1n) is 14.7. The molecule has 4 rings (SSSR count). The molecule has 3 aliphatic rings. The molecule has 3 fully saturated rings. The zero-order chi connectivity index (χ0) is 28.5. The molecule has 4 atom stereocenters. The predicted molar refractivity (Wildman–Crippen MR) is 146 cm³/mol. The van der Waals surface area contributed by atoms with Crippen LogP contribution in [0, 0.1) is 17.8 Å². The molecule has 2 saturated carbocycles. The first-order chi connectivity index (χ1) is 19.4. The van der Waals surface area contributed by atoms with Crippen LogP contribution in [0.25, 0.3) is 0 Å². The minimum absolute atomic E-state index is 0.00550. The molecular weight excluding hydrogens is 516 g/mol. The van der Waals surface area contributed by atoms with Gasteiger partial charge in [-0.25, -0.2) is 9.78 Å². The van der Waals surface area contributed by atoms with Crippen molar-refractivity contribution in [3.05, 3.63) is 18.0 Å². The summed E-state index contributed by atoms with van der Waals surface area (Å²) in [5.74, 6) is -0.0419. The van der Waals surface area contributed by atoms with Gasteiger partial charge in [-0.05, 0) is 56.8 Å². The SMILES string of the molecule is COCCC(=O)Oc1c(OC)ccnc1C(=O)NC1CCCC(CC2CCCC2)C(OCC2CC2)C(C)OC1=O. The number of ether oxygens (including phenoxy) is 5. The second kappa shape index (κ2) is 14.8. The van der Waals surface area contributed by atoms with Gasteiger partial charge in [0.2, 0.25) is 5.75 Å². The molecule has 0 aromatic carbocycles. The van der Waals surface area contributed by atoms with Gasteiger partial charge >= 0.3 is 11.9 Å². The standard InChI is InChI=1S/C30H44N2O8/c1-19-27(38-18-21-11-12-21)22(17-20-7-4-5-8-20)9-6-10-23(30(35)39-19)32-29(34)26-28(24(37-3)13-15-31-26)40-25(33)14-16-36-2/h13,15,19-23,27H,4-12,14,16-18H2,1-3H3,(H,32,34). The molecule has 1 aliphatic heterocycles. The van der Waals surface area contributed by atoms with Crippen LogP contribution in [0.15, 0.2) is 12.3 Å². The van der Waals surface area contributed by atoms with Gasteiger partial charge in [0.15, 0.2) is 11.4 Å². The first kappa shape index (κ1) is 30.2. The summed E-state index contributed by atoms with van der Waals surface area (Å²) < 4.78 is 28.0. The van der Waals surface area contributed by atoms with Crippen LogP contribution in [0.1, 0.15) is 88.0 Å². The lowest BCUT2D eigenvalue weighted by Crippen LogP contribution is -2.45. The van der Waals surface area contributed by atoms with Gasteiger partial charge in [-0.3, -0.25) is 9.59 Å². The van der Waals surface area contributed by atoms with E-state index in [0.717, 1.165) is 19.3 Å². The predicted octanol–water partition coefficient (Wildman–Crippen LogP) is 4.24. The van der Waals surface area contributed by atoms with Crippen molar-refractivity contribution >= 4 is 17.8 Å². The van der Waals surface area contributed by atoms with E-state index in [2.05, 4.69) is 10.3 Å². The van der Waals surface area contributed by atoms with E-state index in [0.29, 0.717) is 30.8 Å². The zero-order valence-corrected chi connectivity index (χ0v) is 24.0. The third kappa shape index (κ3) is 8.39. The number of cyclic esters (lactones) is 1. The summed E-state index contributed by atoms with van der Waals surface area (Å²) in [6.45, 7) is 2.78. The number of hydrogen-bond donors (Lipinski definition) is 1. The van der Waals surface area contributed by atoms with E-state index < -0.39 is 30.0 Å². The average molecular weight is 561 g/mol. The number of nitrogens with one attached hydrogen (secondary N) is 1. The Morgan fingerprint density at radius 1 is 1.05 bits per heavy atom. The Morgan fingerprint density at radius 2 is 1.82 bits per heavy atom. The molecule has 10 nitrogen and oxygen atoms in total. The van der Waals surface area contributed by atoms with Gasteiger partial charge in [0.25, 0.3) is 5.91 Å². The second-order valence-corrected chi connectivity index (χ2v) is 11.4. The molecular formula is C30H44N2O8. The van der Waals surface area contributed by atoms with Crippen molar-refractivity contribution in [1.29, 1.82) is 0 Å². The van der Waals surface area contributed by atoms with Crippen LogP contribution in [0.5, 0.6) is 11.5 Å². The quantitative estimate of drug-likeness (QED) is 0.374. The van der Waals surface area contributed by atoms with Gasteiger partial charge < -0.3 is 29.0 Å². The fourth-order valence-corrected chi connectivity index (χ4v) is 5.87. The fraction of sp³-hybridized carbons (Fsp3) is 0.733. The Kier molecular flexibility index (Phi) is 11.2. The van der Waals surface area contributed by atoms with Crippen molar-refractivity contribution in [2.75, 3.05) is 27.4 Å². The van der Waals surface area contributed by atoms with Crippen LogP contribution in [-0.4, -0.2) is 68.5 Å². The van der Waals surface area contributed by atoms with E-state index >= 15 is 0 Å². The molecule has 1 amide bonds. The summed E-state index contributed by atoms with van der Waals surface area (Å²) in [7, 11) is 2.89. The number of pyridine rings is 1. The van der Waals surface area contributed by atoms with E-state index in [1.54, 1.807) is 0 Å². The van der Waals surface area contributed by atoms with Gasteiger partial charge in [0, 0.05) is 26.0 Å². The summed E-state index contributed by atoms with van der Waals surface area (Å²) in [5, 5.41) is 2.78. The van der Waals surface area contributed by atoms with Crippen molar-refractivity contribution < 1.29 is 38.1 Å². The molecule has 222 valence electrons. The number of carbonyl (C=O) groups excluding carboxylic acids is 3. The van der Waals surface area contributed by atoms with Crippen LogP contribution in [0.3, 0.4) is 0 Å². The monoisotopic (exact) mass is 560 g/mol. The van der Waals surface area contributed by atoms with Crippen LogP contribution in [0.4, 0.5) is 0 Å². The van der Waals surface area contributed by atoms with Crippen molar-refractivity contribution in [2.45, 2.75) is 95.8 Å². The molecule has 2 aliphatic carbocycles. The highest BCUT2D eigenvalue weighted by molar-refractivity contribution is 5.98.